The molecule has 3 atom stereocenters. The van der Waals surface area contributed by atoms with Crippen LogP contribution in [0.1, 0.15) is 25.7 Å². The monoisotopic (exact) mass is 403 g/mol. The van der Waals surface area contributed by atoms with E-state index in [0.717, 1.165) is 6.07 Å². The number of amides is 3. The van der Waals surface area contributed by atoms with Crippen LogP contribution in [-0.2, 0) is 14.6 Å². The third kappa shape index (κ3) is 4.09. The Morgan fingerprint density at radius 1 is 1.31 bits per heavy atom. The van der Waals surface area contributed by atoms with Crippen LogP contribution in [0.15, 0.2) is 18.2 Å². The molecule has 3 amide bonds. The minimum Gasteiger partial charge on any atom is -0.332 e. The summed E-state index contributed by atoms with van der Waals surface area (Å²) in [5, 5.41) is 7.33. The van der Waals surface area contributed by atoms with Crippen LogP contribution in [0.3, 0.4) is 0 Å². The lowest BCUT2D eigenvalue weighted by atomic mass is 10.0. The van der Waals surface area contributed by atoms with Gasteiger partial charge >= 0.3 is 6.03 Å². The second kappa shape index (κ2) is 7.40. The van der Waals surface area contributed by atoms with Gasteiger partial charge in [-0.05, 0) is 31.0 Å². The van der Waals surface area contributed by atoms with E-state index in [9.17, 15) is 22.4 Å². The fraction of sp³-hybridized carbons (Fsp3) is 0.500. The lowest BCUT2D eigenvalue weighted by Gasteiger charge is -2.16. The Hall–Kier alpha value is -1.87. The summed E-state index contributed by atoms with van der Waals surface area (Å²) in [6.45, 7) is 0. The highest BCUT2D eigenvalue weighted by Crippen LogP contribution is 2.28. The van der Waals surface area contributed by atoms with Crippen molar-refractivity contribution < 1.29 is 22.4 Å². The second-order valence-corrected chi connectivity index (χ2v) is 9.24. The van der Waals surface area contributed by atoms with Gasteiger partial charge in [-0.15, -0.1) is 0 Å². The van der Waals surface area contributed by atoms with E-state index >= 15 is 0 Å². The average molecular weight is 404 g/mol. The highest BCUT2D eigenvalue weighted by Gasteiger charge is 2.51. The molecule has 3 rings (SSSR count). The number of sulfone groups is 1. The van der Waals surface area contributed by atoms with Gasteiger partial charge in [-0.2, -0.15) is 0 Å². The number of carbonyl (C=O) groups excluding carboxylic acids is 2. The molecule has 0 saturated carbocycles. The standard InChI is InChI=1S/C16H19ClFN3O4S/c17-9-5-6-11(10(18)7-9)19-14(22)4-2-1-3-13-15-12(8-26(13,24)25)20-16(23)21-15/h5-7,12-13,15H,1-4,8H2,(H,19,22)(H2,20,21,23)/t12-,13+,15+/m0/s1. The smallest absolute Gasteiger partial charge is 0.315 e. The maximum absolute atomic E-state index is 13.6. The van der Waals surface area contributed by atoms with Crippen LogP contribution >= 0.6 is 11.6 Å². The van der Waals surface area contributed by atoms with Gasteiger partial charge < -0.3 is 16.0 Å². The zero-order valence-electron chi connectivity index (χ0n) is 13.8. The van der Waals surface area contributed by atoms with E-state index < -0.39 is 26.9 Å². The summed E-state index contributed by atoms with van der Waals surface area (Å²) in [6, 6.07) is 2.84. The van der Waals surface area contributed by atoms with Crippen LogP contribution in [0.25, 0.3) is 0 Å². The molecule has 0 spiro atoms. The lowest BCUT2D eigenvalue weighted by Crippen LogP contribution is -2.39. The van der Waals surface area contributed by atoms with E-state index in [1.807, 2.05) is 0 Å². The SMILES string of the molecule is O=C(CCCC[C@@H]1[C@@H]2NC(=O)N[C@H]2CS1(=O)=O)Nc1ccc(Cl)cc1F. The number of rotatable bonds is 6. The van der Waals surface area contributed by atoms with Crippen molar-refractivity contribution in [3.8, 4) is 0 Å². The predicted octanol–water partition coefficient (Wildman–Crippen LogP) is 1.83. The first-order valence-electron chi connectivity index (χ1n) is 8.30. The van der Waals surface area contributed by atoms with Crippen molar-refractivity contribution in [1.29, 1.82) is 0 Å². The van der Waals surface area contributed by atoms with Gasteiger partial charge in [0.15, 0.2) is 9.84 Å². The zero-order valence-corrected chi connectivity index (χ0v) is 15.4. The fourth-order valence-corrected chi connectivity index (χ4v) is 5.87. The number of urea groups is 1. The van der Waals surface area contributed by atoms with Crippen LogP contribution in [0, 0.1) is 5.82 Å². The third-order valence-electron chi connectivity index (χ3n) is 4.67. The maximum atomic E-state index is 13.6. The maximum Gasteiger partial charge on any atom is 0.315 e. The molecular formula is C16H19ClFN3O4S. The first kappa shape index (κ1) is 18.9. The number of nitrogens with one attached hydrogen (secondary N) is 3. The number of benzene rings is 1. The number of hydrogen-bond acceptors (Lipinski definition) is 4. The Labute approximate surface area is 155 Å². The molecule has 2 aliphatic rings. The van der Waals surface area contributed by atoms with Crippen LogP contribution in [-0.4, -0.2) is 43.4 Å². The number of anilines is 1. The normalized spacial score (nSPS) is 26.1. The molecule has 2 heterocycles. The van der Waals surface area contributed by atoms with Crippen molar-refractivity contribution in [1.82, 2.24) is 10.6 Å². The van der Waals surface area contributed by atoms with Gasteiger partial charge in [0.2, 0.25) is 5.91 Å². The van der Waals surface area contributed by atoms with Gasteiger partial charge in [0.25, 0.3) is 0 Å². The Balaban J connectivity index is 1.46. The number of hydrogen-bond donors (Lipinski definition) is 3. The van der Waals surface area contributed by atoms with Crippen molar-refractivity contribution >= 4 is 39.1 Å². The van der Waals surface area contributed by atoms with E-state index in [-0.39, 0.29) is 40.9 Å². The summed E-state index contributed by atoms with van der Waals surface area (Å²) >= 11 is 5.66. The molecule has 0 radical (unpaired) electrons. The summed E-state index contributed by atoms with van der Waals surface area (Å²) in [6.07, 6.45) is 1.49. The predicted molar refractivity (Wildman–Crippen MR) is 95.3 cm³/mol. The summed E-state index contributed by atoms with van der Waals surface area (Å²) < 4.78 is 38.0. The van der Waals surface area contributed by atoms with Gasteiger partial charge in [0.1, 0.15) is 5.82 Å². The minimum atomic E-state index is -3.27. The Morgan fingerprint density at radius 2 is 2.08 bits per heavy atom. The van der Waals surface area contributed by atoms with Gasteiger partial charge in [-0.3, -0.25) is 4.79 Å². The zero-order chi connectivity index (χ0) is 18.9. The van der Waals surface area contributed by atoms with Crippen molar-refractivity contribution in [3.05, 3.63) is 29.0 Å². The minimum absolute atomic E-state index is 0.0559. The molecule has 1 aromatic rings. The second-order valence-electron chi connectivity index (χ2n) is 6.54. The molecule has 0 aliphatic carbocycles. The van der Waals surface area contributed by atoms with E-state index in [1.165, 1.54) is 12.1 Å². The van der Waals surface area contributed by atoms with Crippen molar-refractivity contribution in [3.63, 3.8) is 0 Å². The Morgan fingerprint density at radius 3 is 2.81 bits per heavy atom. The van der Waals surface area contributed by atoms with Gasteiger partial charge in [-0.1, -0.05) is 18.0 Å². The summed E-state index contributed by atoms with van der Waals surface area (Å²) in [5.41, 5.74) is 0.0559. The Bertz CT molecular complexity index is 833. The quantitative estimate of drug-likeness (QED) is 0.497. The molecule has 26 heavy (non-hydrogen) atoms. The first-order chi connectivity index (χ1) is 12.3. The molecule has 0 bridgehead atoms. The molecule has 10 heteroatoms. The van der Waals surface area contributed by atoms with Gasteiger partial charge in [-0.25, -0.2) is 17.6 Å². The van der Waals surface area contributed by atoms with E-state index in [4.69, 9.17) is 11.6 Å². The number of unbranched alkanes of at least 4 members (excludes halogenated alkanes) is 1. The lowest BCUT2D eigenvalue weighted by molar-refractivity contribution is -0.116. The van der Waals surface area contributed by atoms with Crippen molar-refractivity contribution in [2.75, 3.05) is 11.1 Å². The van der Waals surface area contributed by atoms with E-state index in [1.54, 1.807) is 0 Å². The average Bonchev–Trinajstić information content (AvgIpc) is 2.99. The van der Waals surface area contributed by atoms with E-state index in [0.29, 0.717) is 19.3 Å². The molecule has 1 aromatic carbocycles. The molecular weight excluding hydrogens is 385 g/mol. The molecule has 2 saturated heterocycles. The van der Waals surface area contributed by atoms with Gasteiger partial charge in [0.05, 0.1) is 28.8 Å². The van der Waals surface area contributed by atoms with Crippen LogP contribution in [0.5, 0.6) is 0 Å². The summed E-state index contributed by atoms with van der Waals surface area (Å²) in [4.78, 5) is 23.2. The number of fused-ring (bicyclic) bond motifs is 1. The Kier molecular flexibility index (Phi) is 5.38. The van der Waals surface area contributed by atoms with Crippen LogP contribution in [0.4, 0.5) is 14.9 Å². The number of halogens is 2. The summed E-state index contributed by atoms with van der Waals surface area (Å²) in [5.74, 6) is -1.02. The fourth-order valence-electron chi connectivity index (χ4n) is 3.44. The van der Waals surface area contributed by atoms with Crippen LogP contribution < -0.4 is 16.0 Å². The molecule has 142 valence electrons. The molecule has 2 fully saturated rings. The first-order valence-corrected chi connectivity index (χ1v) is 10.4. The topological polar surface area (TPSA) is 104 Å². The van der Waals surface area contributed by atoms with Gasteiger partial charge in [0, 0.05) is 11.4 Å². The third-order valence-corrected chi connectivity index (χ3v) is 7.18. The molecule has 7 nitrogen and oxygen atoms in total. The molecule has 0 unspecified atom stereocenters. The highest BCUT2D eigenvalue weighted by molar-refractivity contribution is 7.92. The van der Waals surface area contributed by atoms with Crippen molar-refractivity contribution in [2.24, 2.45) is 0 Å². The molecule has 0 aromatic heterocycles. The summed E-state index contributed by atoms with van der Waals surface area (Å²) in [7, 11) is -3.27. The van der Waals surface area contributed by atoms with Crippen molar-refractivity contribution in [2.45, 2.75) is 43.0 Å². The molecule has 2 aliphatic heterocycles. The van der Waals surface area contributed by atoms with Crippen LogP contribution in [0.2, 0.25) is 5.02 Å². The largest absolute Gasteiger partial charge is 0.332 e. The number of carbonyl (C=O) groups is 2. The van der Waals surface area contributed by atoms with E-state index in [2.05, 4.69) is 16.0 Å². The molecule has 3 N–H and O–H groups in total. The highest BCUT2D eigenvalue weighted by atomic mass is 35.5.